The standard InChI is InChI=1S/C19H25BrN2O3.C19H25ClN2O3/c1-5-6-7-19(24)22-12(2)14(8-9-21-13(3)23)15-10-18(25-4)16(20)11-17(15)22;1-5-7-19(24)22-16(6-2)13(8-9-21-12(3)23)14-10-18(25-4)15(20)11-17(14)22/h2*10-11H,5-9H2,1-4H3,(H,21,23). The molecule has 0 radical (unpaired) electrons. The third-order valence-corrected chi connectivity index (χ3v) is 9.52. The van der Waals surface area contributed by atoms with Crippen LogP contribution in [0, 0.1) is 6.92 Å². The fraction of sp³-hybridized carbons (Fsp3) is 0.474. The molecule has 4 rings (SSSR count). The molecule has 0 aliphatic rings. The lowest BCUT2D eigenvalue weighted by atomic mass is 10.1. The van der Waals surface area contributed by atoms with Crippen LogP contribution in [0.25, 0.3) is 21.8 Å². The van der Waals surface area contributed by atoms with Crippen molar-refractivity contribution in [3.05, 3.63) is 56.3 Å². The maximum absolute atomic E-state index is 12.7. The van der Waals surface area contributed by atoms with Crippen molar-refractivity contribution in [2.45, 2.75) is 92.9 Å². The van der Waals surface area contributed by atoms with Crippen molar-refractivity contribution in [2.75, 3.05) is 27.3 Å². The normalized spacial score (nSPS) is 10.9. The fourth-order valence-electron chi connectivity index (χ4n) is 6.26. The number of hydrogen-bond donors (Lipinski definition) is 2. The lowest BCUT2D eigenvalue weighted by Gasteiger charge is -2.09. The second-order valence-electron chi connectivity index (χ2n) is 12.1. The maximum atomic E-state index is 12.7. The van der Waals surface area contributed by atoms with Gasteiger partial charge in [-0.1, -0.05) is 38.8 Å². The topological polar surface area (TPSA) is 121 Å². The van der Waals surface area contributed by atoms with Gasteiger partial charge < -0.3 is 20.1 Å². The Bertz CT molecular complexity index is 1860. The number of hydrogen-bond acceptors (Lipinski definition) is 6. The number of halogens is 2. The van der Waals surface area contributed by atoms with Gasteiger partial charge in [-0.25, -0.2) is 0 Å². The molecule has 0 unspecified atom stereocenters. The molecule has 2 aromatic heterocycles. The first kappa shape index (κ1) is 40.6. The first-order chi connectivity index (χ1) is 23.8. The molecule has 2 amide bonds. The number of nitrogens with zero attached hydrogens (tertiary/aromatic N) is 2. The minimum atomic E-state index is -0.0653. The smallest absolute Gasteiger partial charge is 0.231 e. The van der Waals surface area contributed by atoms with Crippen molar-refractivity contribution in [1.82, 2.24) is 19.8 Å². The second kappa shape index (κ2) is 19.0. The summed E-state index contributed by atoms with van der Waals surface area (Å²) in [5.74, 6) is 1.36. The summed E-state index contributed by atoms with van der Waals surface area (Å²) >= 11 is 9.81. The summed E-state index contributed by atoms with van der Waals surface area (Å²) in [6, 6.07) is 7.58. The van der Waals surface area contributed by atoms with Gasteiger partial charge in [-0.3, -0.25) is 28.3 Å². The van der Waals surface area contributed by atoms with E-state index in [-0.39, 0.29) is 23.6 Å². The highest BCUT2D eigenvalue weighted by Gasteiger charge is 2.22. The Morgan fingerprint density at radius 3 is 1.84 bits per heavy atom. The van der Waals surface area contributed by atoms with E-state index in [1.807, 2.05) is 39.0 Å². The van der Waals surface area contributed by atoms with Crippen LogP contribution < -0.4 is 20.1 Å². The van der Waals surface area contributed by atoms with Crippen LogP contribution in [0.2, 0.25) is 5.02 Å². The molecule has 2 heterocycles. The van der Waals surface area contributed by atoms with E-state index in [4.69, 9.17) is 21.1 Å². The molecule has 12 heteroatoms. The van der Waals surface area contributed by atoms with Crippen LogP contribution in [-0.4, -0.2) is 60.1 Å². The number of fused-ring (bicyclic) bond motifs is 2. The summed E-state index contributed by atoms with van der Waals surface area (Å²) in [4.78, 5) is 47.8. The highest BCUT2D eigenvalue weighted by atomic mass is 79.9. The molecule has 0 aliphatic heterocycles. The monoisotopic (exact) mass is 772 g/mol. The summed E-state index contributed by atoms with van der Waals surface area (Å²) in [6.45, 7) is 12.1. The van der Waals surface area contributed by atoms with Crippen LogP contribution in [0.1, 0.15) is 98.8 Å². The van der Waals surface area contributed by atoms with Crippen LogP contribution in [0.3, 0.4) is 0 Å². The number of unbranched alkanes of at least 4 members (excludes halogenated alkanes) is 1. The van der Waals surface area contributed by atoms with E-state index in [2.05, 4.69) is 33.5 Å². The minimum Gasteiger partial charge on any atom is -0.496 e. The van der Waals surface area contributed by atoms with Gasteiger partial charge in [0.25, 0.3) is 0 Å². The number of methoxy groups -OCH3 is 2. The first-order valence-corrected chi connectivity index (χ1v) is 18.3. The van der Waals surface area contributed by atoms with Gasteiger partial charge >= 0.3 is 0 Å². The highest BCUT2D eigenvalue weighted by molar-refractivity contribution is 9.10. The zero-order chi connectivity index (χ0) is 37.1. The van der Waals surface area contributed by atoms with Crippen molar-refractivity contribution in [3.63, 3.8) is 0 Å². The van der Waals surface area contributed by atoms with Gasteiger partial charge in [-0.05, 0) is 90.4 Å². The number of nitrogens with one attached hydrogen (secondary N) is 2. The van der Waals surface area contributed by atoms with E-state index in [1.165, 1.54) is 13.8 Å². The lowest BCUT2D eigenvalue weighted by molar-refractivity contribution is -0.119. The molecule has 272 valence electrons. The van der Waals surface area contributed by atoms with Gasteiger partial charge in [0.1, 0.15) is 11.5 Å². The Kier molecular flexibility index (Phi) is 15.4. The predicted molar refractivity (Wildman–Crippen MR) is 204 cm³/mol. The van der Waals surface area contributed by atoms with E-state index in [0.717, 1.165) is 80.2 Å². The zero-order valence-corrected chi connectivity index (χ0v) is 32.8. The Balaban J connectivity index is 0.000000270. The van der Waals surface area contributed by atoms with Gasteiger partial charge in [0.05, 0.1) is 34.7 Å². The van der Waals surface area contributed by atoms with Gasteiger partial charge in [0, 0.05) is 61.9 Å². The van der Waals surface area contributed by atoms with E-state index >= 15 is 0 Å². The summed E-state index contributed by atoms with van der Waals surface area (Å²) in [7, 11) is 3.20. The summed E-state index contributed by atoms with van der Waals surface area (Å²) in [5.41, 5.74) is 5.72. The Morgan fingerprint density at radius 1 is 0.760 bits per heavy atom. The number of carbonyl (C=O) groups excluding carboxylic acids is 4. The molecule has 2 N–H and O–H groups in total. The number of carbonyl (C=O) groups is 4. The van der Waals surface area contributed by atoms with Crippen LogP contribution in [0.4, 0.5) is 0 Å². The number of amides is 2. The Morgan fingerprint density at radius 2 is 1.30 bits per heavy atom. The quantitative estimate of drug-likeness (QED) is 0.133. The second-order valence-corrected chi connectivity index (χ2v) is 13.4. The molecule has 0 bridgehead atoms. The first-order valence-electron chi connectivity index (χ1n) is 17.2. The molecule has 0 saturated heterocycles. The average Bonchev–Trinajstić information content (AvgIpc) is 3.52. The van der Waals surface area contributed by atoms with Gasteiger partial charge in [-0.2, -0.15) is 0 Å². The van der Waals surface area contributed by atoms with Crippen molar-refractivity contribution in [3.8, 4) is 11.5 Å². The number of benzene rings is 2. The SMILES string of the molecule is CCCC(=O)n1c(CC)c(CCNC(C)=O)c2cc(OC)c(Cl)cc21.CCCCC(=O)n1c(C)c(CCNC(C)=O)c2cc(OC)c(Br)cc21. The lowest BCUT2D eigenvalue weighted by Crippen LogP contribution is -2.23. The third-order valence-electron chi connectivity index (χ3n) is 8.60. The predicted octanol–water partition coefficient (Wildman–Crippen LogP) is 8.21. The fourth-order valence-corrected chi connectivity index (χ4v) is 6.99. The third kappa shape index (κ3) is 9.48. The van der Waals surface area contributed by atoms with Gasteiger partial charge in [0.2, 0.25) is 23.6 Å². The number of rotatable bonds is 14. The molecule has 4 aromatic rings. The minimum absolute atomic E-state index is 0.0549. The van der Waals surface area contributed by atoms with Crippen LogP contribution in [-0.2, 0) is 28.9 Å². The summed E-state index contributed by atoms with van der Waals surface area (Å²) < 4.78 is 15.2. The largest absolute Gasteiger partial charge is 0.496 e. The number of ether oxygens (including phenoxy) is 2. The molecule has 50 heavy (non-hydrogen) atoms. The van der Waals surface area contributed by atoms with Crippen LogP contribution >= 0.6 is 27.5 Å². The number of aromatic nitrogens is 2. The zero-order valence-electron chi connectivity index (χ0n) is 30.5. The van der Waals surface area contributed by atoms with Crippen LogP contribution in [0.5, 0.6) is 11.5 Å². The molecule has 0 aliphatic carbocycles. The van der Waals surface area contributed by atoms with Crippen molar-refractivity contribution >= 4 is 73.0 Å². The van der Waals surface area contributed by atoms with E-state index < -0.39 is 0 Å². The van der Waals surface area contributed by atoms with E-state index in [1.54, 1.807) is 29.4 Å². The highest BCUT2D eigenvalue weighted by Crippen LogP contribution is 2.37. The Hall–Kier alpha value is -3.83. The van der Waals surface area contributed by atoms with Crippen molar-refractivity contribution in [2.24, 2.45) is 0 Å². The van der Waals surface area contributed by atoms with E-state index in [9.17, 15) is 19.2 Å². The molecule has 2 aromatic carbocycles. The molecule has 0 atom stereocenters. The average molecular weight is 774 g/mol. The molecule has 10 nitrogen and oxygen atoms in total. The van der Waals surface area contributed by atoms with E-state index in [0.29, 0.717) is 49.5 Å². The molecule has 0 spiro atoms. The van der Waals surface area contributed by atoms with Crippen LogP contribution in [0.15, 0.2) is 28.7 Å². The molecule has 0 saturated carbocycles. The summed E-state index contributed by atoms with van der Waals surface area (Å²) in [5, 5.41) is 8.07. The Labute approximate surface area is 308 Å². The molecular formula is C38H50BrClN4O6. The van der Waals surface area contributed by atoms with Crippen molar-refractivity contribution < 1.29 is 28.7 Å². The van der Waals surface area contributed by atoms with Gasteiger partial charge in [-0.15, -0.1) is 0 Å². The molecular weight excluding hydrogens is 724 g/mol. The maximum Gasteiger partial charge on any atom is 0.231 e. The summed E-state index contributed by atoms with van der Waals surface area (Å²) in [6.07, 6.45) is 5.68. The molecule has 0 fully saturated rings. The van der Waals surface area contributed by atoms with Gasteiger partial charge in [0.15, 0.2) is 0 Å². The van der Waals surface area contributed by atoms with Crippen molar-refractivity contribution in [1.29, 1.82) is 0 Å².